The summed E-state index contributed by atoms with van der Waals surface area (Å²) in [4.78, 5) is 33.4. The minimum absolute atomic E-state index is 0.0738. The number of thiazole rings is 1. The van der Waals surface area contributed by atoms with Crippen LogP contribution in [0.15, 0.2) is 59.5 Å². The van der Waals surface area contributed by atoms with Gasteiger partial charge in [0.25, 0.3) is 5.78 Å². The second-order valence-corrected chi connectivity index (χ2v) is 10.0. The summed E-state index contributed by atoms with van der Waals surface area (Å²) in [5.41, 5.74) is 3.35. The number of hydrogen-bond donors (Lipinski definition) is 1. The normalized spacial score (nSPS) is 17.6. The van der Waals surface area contributed by atoms with E-state index in [1.165, 1.54) is 27.6 Å². The summed E-state index contributed by atoms with van der Waals surface area (Å²) < 4.78 is 6.27. The molecule has 8 heteroatoms. The maximum Gasteiger partial charge on any atom is 0.301 e. The molecular weight excluding hydrogens is 468 g/mol. The maximum atomic E-state index is 13.3. The molecule has 1 atom stereocenters. The lowest BCUT2D eigenvalue weighted by Crippen LogP contribution is -2.28. The molecule has 0 bridgehead atoms. The number of aryl methyl sites for hydroxylation is 2. The van der Waals surface area contributed by atoms with Crippen molar-refractivity contribution in [2.24, 2.45) is 0 Å². The summed E-state index contributed by atoms with van der Waals surface area (Å²) in [6.07, 6.45) is 0.864. The van der Waals surface area contributed by atoms with Gasteiger partial charge in [-0.1, -0.05) is 48.6 Å². The second kappa shape index (κ2) is 8.70. The Morgan fingerprint density at radius 3 is 2.59 bits per heavy atom. The van der Waals surface area contributed by atoms with Gasteiger partial charge in [-0.2, -0.15) is 0 Å². The smallest absolute Gasteiger partial charge is 0.301 e. The number of thiophene rings is 1. The van der Waals surface area contributed by atoms with Gasteiger partial charge in [-0.25, -0.2) is 4.98 Å². The number of aromatic nitrogens is 1. The Hall–Kier alpha value is -3.49. The number of ketones is 1. The molecule has 0 radical (unpaired) electrons. The number of amides is 1. The molecule has 5 rings (SSSR count). The first-order valence-corrected chi connectivity index (χ1v) is 12.5. The molecule has 172 valence electrons. The van der Waals surface area contributed by atoms with E-state index in [2.05, 4.69) is 4.98 Å². The van der Waals surface area contributed by atoms with E-state index in [4.69, 9.17) is 4.74 Å². The lowest BCUT2D eigenvalue weighted by molar-refractivity contribution is -0.132. The molecule has 2 aromatic carbocycles. The van der Waals surface area contributed by atoms with Gasteiger partial charge in [0.05, 0.1) is 22.9 Å². The molecule has 4 aromatic rings. The fourth-order valence-electron chi connectivity index (χ4n) is 4.17. The van der Waals surface area contributed by atoms with Crippen LogP contribution in [0.25, 0.3) is 16.0 Å². The number of hydrogen-bond acceptors (Lipinski definition) is 7. The van der Waals surface area contributed by atoms with E-state index in [0.29, 0.717) is 10.7 Å². The standard InChI is InChI=1S/C26H22N2O4S2/c1-4-15-7-9-16(10-8-15)23(29)21-22(19-6-5-11-33-19)28(25(31)24(21)30)26-27-17-12-14(2)18(32-3)13-20(17)34-26/h5-13,22,29H,4H2,1-3H3/b23-21+. The minimum atomic E-state index is -0.755. The first-order valence-electron chi connectivity index (χ1n) is 10.8. The fourth-order valence-corrected chi connectivity index (χ4v) is 6.00. The van der Waals surface area contributed by atoms with Gasteiger partial charge in [-0.3, -0.25) is 14.5 Å². The van der Waals surface area contributed by atoms with Crippen LogP contribution >= 0.6 is 22.7 Å². The van der Waals surface area contributed by atoms with Crippen molar-refractivity contribution in [3.05, 3.63) is 81.1 Å². The zero-order valence-electron chi connectivity index (χ0n) is 18.9. The Balaban J connectivity index is 1.68. The molecule has 34 heavy (non-hydrogen) atoms. The molecule has 1 N–H and O–H groups in total. The number of aliphatic hydroxyl groups excluding tert-OH is 1. The fraction of sp³-hybridized carbons (Fsp3) is 0.192. The van der Waals surface area contributed by atoms with Crippen LogP contribution in [0, 0.1) is 6.92 Å². The number of anilines is 1. The third kappa shape index (κ3) is 3.59. The van der Waals surface area contributed by atoms with Crippen LogP contribution in [-0.2, 0) is 16.0 Å². The van der Waals surface area contributed by atoms with Gasteiger partial charge in [0.1, 0.15) is 17.6 Å². The number of carbonyl (C=O) groups excluding carboxylic acids is 2. The highest BCUT2D eigenvalue weighted by Gasteiger charge is 2.48. The van der Waals surface area contributed by atoms with E-state index in [1.54, 1.807) is 19.2 Å². The average molecular weight is 491 g/mol. The number of fused-ring (bicyclic) bond motifs is 1. The molecule has 0 aliphatic carbocycles. The van der Waals surface area contributed by atoms with Gasteiger partial charge >= 0.3 is 5.91 Å². The number of Topliss-reactive ketones (excluding diaryl/α,β-unsaturated/α-hetero) is 1. The molecule has 1 amide bonds. The van der Waals surface area contributed by atoms with Crippen LogP contribution in [0.2, 0.25) is 0 Å². The third-order valence-electron chi connectivity index (χ3n) is 5.99. The monoisotopic (exact) mass is 490 g/mol. The summed E-state index contributed by atoms with van der Waals surface area (Å²) in [6.45, 7) is 3.98. The van der Waals surface area contributed by atoms with E-state index in [-0.39, 0.29) is 11.3 Å². The Labute approximate surface area is 204 Å². The predicted molar refractivity (Wildman–Crippen MR) is 136 cm³/mol. The quantitative estimate of drug-likeness (QED) is 0.215. The topological polar surface area (TPSA) is 79.7 Å². The molecule has 0 spiro atoms. The van der Waals surface area contributed by atoms with Crippen LogP contribution in [0.1, 0.15) is 34.5 Å². The summed E-state index contributed by atoms with van der Waals surface area (Å²) in [5.74, 6) is -0.869. The predicted octanol–water partition coefficient (Wildman–Crippen LogP) is 5.86. The van der Waals surface area contributed by atoms with E-state index in [9.17, 15) is 14.7 Å². The van der Waals surface area contributed by atoms with Gasteiger partial charge in [0.2, 0.25) is 0 Å². The number of carbonyl (C=O) groups is 2. The van der Waals surface area contributed by atoms with Crippen molar-refractivity contribution in [1.29, 1.82) is 0 Å². The SMILES string of the molecule is CCc1ccc(/C(O)=C2\C(=O)C(=O)N(c3nc4cc(C)c(OC)cc4s3)C2c2cccs2)cc1. The Morgan fingerprint density at radius 2 is 1.94 bits per heavy atom. The number of aliphatic hydroxyl groups is 1. The molecule has 1 aliphatic heterocycles. The zero-order valence-corrected chi connectivity index (χ0v) is 20.5. The highest BCUT2D eigenvalue weighted by Crippen LogP contribution is 2.46. The molecule has 0 saturated carbocycles. The van der Waals surface area contributed by atoms with Gasteiger partial charge < -0.3 is 9.84 Å². The lowest BCUT2D eigenvalue weighted by atomic mass is 9.99. The Kier molecular flexibility index (Phi) is 5.71. The third-order valence-corrected chi connectivity index (χ3v) is 7.93. The number of benzene rings is 2. The summed E-state index contributed by atoms with van der Waals surface area (Å²) >= 11 is 2.74. The van der Waals surface area contributed by atoms with Crippen molar-refractivity contribution < 1.29 is 19.4 Å². The van der Waals surface area contributed by atoms with Crippen LogP contribution < -0.4 is 9.64 Å². The average Bonchev–Trinajstić information content (AvgIpc) is 3.57. The molecule has 6 nitrogen and oxygen atoms in total. The number of ether oxygens (including phenoxy) is 1. The first-order chi connectivity index (χ1) is 16.4. The number of nitrogens with zero attached hydrogens (tertiary/aromatic N) is 2. The first kappa shape index (κ1) is 22.3. The van der Waals surface area contributed by atoms with Crippen LogP contribution in [0.3, 0.4) is 0 Å². The summed E-state index contributed by atoms with van der Waals surface area (Å²) in [7, 11) is 1.61. The van der Waals surface area contributed by atoms with Gasteiger partial charge in [0, 0.05) is 10.4 Å². The van der Waals surface area contributed by atoms with Gasteiger partial charge in [-0.05, 0) is 48.1 Å². The minimum Gasteiger partial charge on any atom is -0.507 e. The molecule has 2 aromatic heterocycles. The van der Waals surface area contributed by atoms with Crippen molar-refractivity contribution in [2.75, 3.05) is 12.0 Å². The summed E-state index contributed by atoms with van der Waals surface area (Å²) in [6, 6.07) is 14.1. The zero-order chi connectivity index (χ0) is 24.0. The Bertz CT molecular complexity index is 1440. The summed E-state index contributed by atoms with van der Waals surface area (Å²) in [5, 5.41) is 13.5. The van der Waals surface area contributed by atoms with Crippen LogP contribution in [-0.4, -0.2) is 28.9 Å². The van der Waals surface area contributed by atoms with E-state index in [0.717, 1.165) is 38.4 Å². The lowest BCUT2D eigenvalue weighted by Gasteiger charge is -2.21. The van der Waals surface area contributed by atoms with E-state index >= 15 is 0 Å². The molecule has 3 heterocycles. The Morgan fingerprint density at radius 1 is 1.18 bits per heavy atom. The van der Waals surface area contributed by atoms with Crippen LogP contribution in [0.4, 0.5) is 5.13 Å². The van der Waals surface area contributed by atoms with Gasteiger partial charge in [-0.15, -0.1) is 11.3 Å². The number of rotatable bonds is 5. The van der Waals surface area contributed by atoms with Gasteiger partial charge in [0.15, 0.2) is 5.13 Å². The van der Waals surface area contributed by atoms with Crippen molar-refractivity contribution >= 4 is 55.5 Å². The van der Waals surface area contributed by atoms with Crippen molar-refractivity contribution in [2.45, 2.75) is 26.3 Å². The highest BCUT2D eigenvalue weighted by atomic mass is 32.1. The van der Waals surface area contributed by atoms with Crippen LogP contribution in [0.5, 0.6) is 5.75 Å². The molecule has 1 unspecified atom stereocenters. The van der Waals surface area contributed by atoms with Crippen molar-refractivity contribution in [3.8, 4) is 5.75 Å². The highest BCUT2D eigenvalue weighted by molar-refractivity contribution is 7.22. The number of methoxy groups -OCH3 is 1. The van der Waals surface area contributed by atoms with E-state index in [1.807, 2.05) is 55.6 Å². The van der Waals surface area contributed by atoms with Crippen molar-refractivity contribution in [1.82, 2.24) is 4.98 Å². The molecule has 1 fully saturated rings. The van der Waals surface area contributed by atoms with E-state index < -0.39 is 17.7 Å². The molecule has 1 aliphatic rings. The maximum absolute atomic E-state index is 13.3. The molecular formula is C26H22N2O4S2. The molecule has 1 saturated heterocycles. The largest absolute Gasteiger partial charge is 0.507 e. The van der Waals surface area contributed by atoms with Crippen molar-refractivity contribution in [3.63, 3.8) is 0 Å². The second-order valence-electron chi connectivity index (χ2n) is 8.02.